The predicted octanol–water partition coefficient (Wildman–Crippen LogP) is 5.10. The molecule has 0 aromatic heterocycles. The summed E-state index contributed by atoms with van der Waals surface area (Å²) in [6.07, 6.45) is 2.51. The Kier molecular flexibility index (Phi) is 3.45. The van der Waals surface area contributed by atoms with Gasteiger partial charge < -0.3 is 0 Å². The largest absolute Gasteiger partial charge is 0.294 e. The van der Waals surface area contributed by atoms with Gasteiger partial charge in [-0.1, -0.05) is 72.8 Å². The predicted molar refractivity (Wildman–Crippen MR) is 121 cm³/mol. The molecule has 6 rings (SSSR count). The Balaban J connectivity index is 1.77. The van der Waals surface area contributed by atoms with Gasteiger partial charge in [0.1, 0.15) is 0 Å². The molecule has 136 valence electrons. The number of rotatable bonds is 1. The molecule has 0 amide bonds. The summed E-state index contributed by atoms with van der Waals surface area (Å²) in [5, 5.41) is 9.28. The Morgan fingerprint density at radius 2 is 1.21 bits per heavy atom. The average Bonchev–Trinajstić information content (AvgIpc) is 2.76. The van der Waals surface area contributed by atoms with Crippen molar-refractivity contribution in [3.63, 3.8) is 0 Å². The number of hydrogen-bond acceptors (Lipinski definition) is 1. The smallest absolute Gasteiger partial charge is 0.167 e. The molecule has 0 atom stereocenters. The molecule has 0 saturated carbocycles. The molecule has 0 saturated heterocycles. The third kappa shape index (κ3) is 2.51. The first-order chi connectivity index (χ1) is 14.3. The van der Waals surface area contributed by atoms with Crippen molar-refractivity contribution >= 4 is 49.7 Å². The lowest BCUT2D eigenvalue weighted by Gasteiger charge is -2.15. The lowest BCUT2D eigenvalue weighted by molar-refractivity contribution is -0.112. The monoisotopic (exact) mass is 370 g/mol. The van der Waals surface area contributed by atoms with E-state index in [0.29, 0.717) is 6.42 Å². The number of benzene rings is 5. The van der Waals surface area contributed by atoms with E-state index in [0.717, 1.165) is 32.3 Å². The first kappa shape index (κ1) is 16.3. The molecule has 5 aromatic carbocycles. The highest BCUT2D eigenvalue weighted by atomic mass is 16.1. The van der Waals surface area contributed by atoms with E-state index in [1.807, 2.05) is 6.07 Å². The first-order valence-electron chi connectivity index (χ1n) is 9.96. The summed E-state index contributed by atoms with van der Waals surface area (Å²) in [5.41, 5.74) is 1.87. The van der Waals surface area contributed by atoms with E-state index >= 15 is 0 Å². The summed E-state index contributed by atoms with van der Waals surface area (Å²) in [6.45, 7) is 0. The Morgan fingerprint density at radius 1 is 0.586 bits per heavy atom. The fourth-order valence-electron chi connectivity index (χ4n) is 4.58. The maximum Gasteiger partial charge on any atom is 0.167 e. The van der Waals surface area contributed by atoms with E-state index in [9.17, 15) is 4.79 Å². The van der Waals surface area contributed by atoms with Gasteiger partial charge in [0.25, 0.3) is 0 Å². The second-order valence-electron chi connectivity index (χ2n) is 7.72. The number of carbonyl (C=O) groups is 1. The van der Waals surface area contributed by atoms with Crippen LogP contribution in [0.25, 0.3) is 44.0 Å². The third-order valence-electron chi connectivity index (χ3n) is 5.99. The van der Waals surface area contributed by atoms with Crippen LogP contribution in [-0.4, -0.2) is 5.78 Å². The standard InChI is InChI=1S/C28H18O/c29-27-13-12-23-15-19-7-2-4-9-21(19)17-26(23)28(27)24-11-5-10-22-14-18-6-1-3-8-20(18)16-25(22)24/h1-12,14-17H,13H2. The van der Waals surface area contributed by atoms with Crippen molar-refractivity contribution in [1.29, 1.82) is 0 Å². The van der Waals surface area contributed by atoms with Gasteiger partial charge in [0.2, 0.25) is 0 Å². The normalized spacial score (nSPS) is 13.7. The molecule has 1 aliphatic carbocycles. The molecule has 0 heterocycles. The zero-order valence-corrected chi connectivity index (χ0v) is 15.9. The molecule has 0 fully saturated rings. The van der Waals surface area contributed by atoms with E-state index in [2.05, 4.69) is 91.0 Å². The van der Waals surface area contributed by atoms with Crippen LogP contribution in [0.15, 0.2) is 91.0 Å². The summed E-state index contributed by atoms with van der Waals surface area (Å²) < 4.78 is 0. The Hall–Kier alpha value is -3.71. The van der Waals surface area contributed by atoms with Crippen molar-refractivity contribution in [3.8, 4) is 0 Å². The molecule has 1 heteroatoms. The molecular formula is C28H18O. The highest BCUT2D eigenvalue weighted by Gasteiger charge is 2.18. The molecule has 0 N–H and O–H groups in total. The lowest BCUT2D eigenvalue weighted by Crippen LogP contribution is -2.33. The van der Waals surface area contributed by atoms with Crippen LogP contribution in [0.1, 0.15) is 12.0 Å². The summed E-state index contributed by atoms with van der Waals surface area (Å²) in [6, 6.07) is 31.8. The van der Waals surface area contributed by atoms with Crippen LogP contribution in [0.5, 0.6) is 0 Å². The quantitative estimate of drug-likeness (QED) is 0.375. The van der Waals surface area contributed by atoms with Crippen molar-refractivity contribution in [2.75, 3.05) is 0 Å². The lowest BCUT2D eigenvalue weighted by atomic mass is 9.88. The second kappa shape index (κ2) is 6.15. The maximum absolute atomic E-state index is 13.1. The van der Waals surface area contributed by atoms with Crippen LogP contribution in [0.3, 0.4) is 0 Å². The van der Waals surface area contributed by atoms with Gasteiger partial charge in [-0.15, -0.1) is 0 Å². The molecule has 0 bridgehead atoms. The van der Waals surface area contributed by atoms with Crippen LogP contribution in [-0.2, 0) is 4.79 Å². The second-order valence-corrected chi connectivity index (χ2v) is 7.72. The van der Waals surface area contributed by atoms with Crippen molar-refractivity contribution < 1.29 is 4.79 Å². The topological polar surface area (TPSA) is 17.1 Å². The van der Waals surface area contributed by atoms with Gasteiger partial charge in [-0.2, -0.15) is 0 Å². The minimum absolute atomic E-state index is 0.188. The number of fused-ring (bicyclic) bond motifs is 4. The van der Waals surface area contributed by atoms with E-state index < -0.39 is 0 Å². The van der Waals surface area contributed by atoms with Gasteiger partial charge in [0, 0.05) is 12.0 Å². The van der Waals surface area contributed by atoms with Gasteiger partial charge in [-0.05, 0) is 72.6 Å². The van der Waals surface area contributed by atoms with E-state index in [4.69, 9.17) is 0 Å². The Morgan fingerprint density at radius 3 is 1.97 bits per heavy atom. The molecule has 0 aliphatic heterocycles. The molecule has 1 aliphatic rings. The van der Waals surface area contributed by atoms with Crippen LogP contribution < -0.4 is 10.4 Å². The minimum atomic E-state index is 0.188. The zero-order valence-electron chi connectivity index (χ0n) is 15.9. The Labute approximate surface area is 168 Å². The molecule has 29 heavy (non-hydrogen) atoms. The molecular weight excluding hydrogens is 352 g/mol. The SMILES string of the molecule is O=C1CC=c2cc3ccccc3cc2=C1c1cccc2cc3ccccc3cc12. The number of Topliss-reactive ketones (excluding diaryl/α,β-unsaturated/α-hetero) is 1. The summed E-state index contributed by atoms with van der Waals surface area (Å²) in [4.78, 5) is 13.1. The van der Waals surface area contributed by atoms with Crippen LogP contribution in [0, 0.1) is 0 Å². The van der Waals surface area contributed by atoms with Gasteiger partial charge in [0.15, 0.2) is 5.78 Å². The third-order valence-corrected chi connectivity index (χ3v) is 5.99. The maximum atomic E-state index is 13.1. The minimum Gasteiger partial charge on any atom is -0.294 e. The van der Waals surface area contributed by atoms with Gasteiger partial charge >= 0.3 is 0 Å². The fraction of sp³-hybridized carbons (Fsp3) is 0.0357. The van der Waals surface area contributed by atoms with E-state index in [1.54, 1.807) is 0 Å². The average molecular weight is 370 g/mol. The van der Waals surface area contributed by atoms with Crippen LogP contribution in [0.2, 0.25) is 0 Å². The van der Waals surface area contributed by atoms with Crippen LogP contribution in [0.4, 0.5) is 0 Å². The van der Waals surface area contributed by atoms with E-state index in [-0.39, 0.29) is 5.78 Å². The highest BCUT2D eigenvalue weighted by molar-refractivity contribution is 6.26. The summed E-state index contributed by atoms with van der Waals surface area (Å²) >= 11 is 0. The summed E-state index contributed by atoms with van der Waals surface area (Å²) in [7, 11) is 0. The number of ketones is 1. The highest BCUT2D eigenvalue weighted by Crippen LogP contribution is 2.30. The number of hydrogen-bond donors (Lipinski definition) is 0. The Bertz CT molecular complexity index is 1590. The first-order valence-corrected chi connectivity index (χ1v) is 9.96. The zero-order chi connectivity index (χ0) is 19.4. The van der Waals surface area contributed by atoms with E-state index in [1.165, 1.54) is 21.5 Å². The van der Waals surface area contributed by atoms with Crippen molar-refractivity contribution in [2.45, 2.75) is 6.42 Å². The van der Waals surface area contributed by atoms with Gasteiger partial charge in [0.05, 0.1) is 0 Å². The van der Waals surface area contributed by atoms with Gasteiger partial charge in [-0.3, -0.25) is 4.79 Å². The molecule has 1 nitrogen and oxygen atoms in total. The number of carbonyl (C=O) groups excluding carboxylic acids is 1. The molecule has 5 aromatic rings. The van der Waals surface area contributed by atoms with Crippen LogP contribution >= 0.6 is 0 Å². The molecule has 0 unspecified atom stereocenters. The van der Waals surface area contributed by atoms with Crippen molar-refractivity contribution in [1.82, 2.24) is 0 Å². The fourth-order valence-corrected chi connectivity index (χ4v) is 4.58. The van der Waals surface area contributed by atoms with Crippen molar-refractivity contribution in [3.05, 3.63) is 107 Å². The molecule has 0 spiro atoms. The van der Waals surface area contributed by atoms with Crippen molar-refractivity contribution in [2.24, 2.45) is 0 Å². The summed E-state index contributed by atoms with van der Waals surface area (Å²) in [5.74, 6) is 0.188. The van der Waals surface area contributed by atoms with Gasteiger partial charge in [-0.25, -0.2) is 0 Å². The molecule has 0 radical (unpaired) electrons.